The third-order valence-electron chi connectivity index (χ3n) is 5.12. The van der Waals surface area contributed by atoms with Crippen LogP contribution in [0.2, 0.25) is 5.02 Å². The highest BCUT2D eigenvalue weighted by Gasteiger charge is 2.23. The molecule has 2 N–H and O–H groups in total. The quantitative estimate of drug-likeness (QED) is 0.493. The van der Waals surface area contributed by atoms with E-state index in [9.17, 15) is 9.59 Å². The maximum Gasteiger partial charge on any atom is 0.322 e. The summed E-state index contributed by atoms with van der Waals surface area (Å²) < 4.78 is 1.68. The number of hydrogen-bond donors (Lipinski definition) is 2. The van der Waals surface area contributed by atoms with E-state index in [1.54, 1.807) is 16.8 Å². The van der Waals surface area contributed by atoms with Gasteiger partial charge in [-0.1, -0.05) is 50.1 Å². The standard InChI is InChI=1S/C25H30ClN5O2/c1-6-30(24(33)27-19-11-7-17(2)8-12-19)16-23(32)28-22-15-21(25(3,4)5)29-31(22)20-13-9-18(26)10-14-20/h7-15H,6,16H2,1-5H3,(H,27,33)(H,28,32). The molecule has 0 aliphatic rings. The fourth-order valence-corrected chi connectivity index (χ4v) is 3.26. The van der Waals surface area contributed by atoms with Crippen LogP contribution in [0.15, 0.2) is 54.6 Å². The van der Waals surface area contributed by atoms with Crippen LogP contribution in [-0.4, -0.2) is 39.7 Å². The van der Waals surface area contributed by atoms with Crippen molar-refractivity contribution in [1.82, 2.24) is 14.7 Å². The smallest absolute Gasteiger partial charge is 0.315 e. The molecule has 0 atom stereocenters. The number of anilines is 2. The van der Waals surface area contributed by atoms with E-state index in [1.807, 2.05) is 56.3 Å². The molecule has 0 bridgehead atoms. The van der Waals surface area contributed by atoms with Gasteiger partial charge in [-0.05, 0) is 50.2 Å². The van der Waals surface area contributed by atoms with Crippen molar-refractivity contribution in [2.24, 2.45) is 0 Å². The predicted octanol–water partition coefficient (Wildman–Crippen LogP) is 5.62. The summed E-state index contributed by atoms with van der Waals surface area (Å²) in [6, 6.07) is 16.2. The first kappa shape index (κ1) is 24.3. The normalized spacial score (nSPS) is 11.2. The molecule has 0 aliphatic carbocycles. The molecule has 33 heavy (non-hydrogen) atoms. The maximum absolute atomic E-state index is 12.9. The second-order valence-electron chi connectivity index (χ2n) is 8.91. The third kappa shape index (κ3) is 6.35. The second kappa shape index (κ2) is 10.1. The number of rotatable bonds is 6. The van der Waals surface area contributed by atoms with Crippen LogP contribution in [0.4, 0.5) is 16.3 Å². The van der Waals surface area contributed by atoms with Crippen molar-refractivity contribution >= 4 is 35.0 Å². The number of amides is 3. The Kier molecular flexibility index (Phi) is 7.43. The van der Waals surface area contributed by atoms with Crippen LogP contribution in [0.5, 0.6) is 0 Å². The number of benzene rings is 2. The molecule has 1 heterocycles. The van der Waals surface area contributed by atoms with Gasteiger partial charge in [0.2, 0.25) is 5.91 Å². The monoisotopic (exact) mass is 467 g/mol. The van der Waals surface area contributed by atoms with Gasteiger partial charge < -0.3 is 15.5 Å². The zero-order chi connectivity index (χ0) is 24.2. The van der Waals surface area contributed by atoms with E-state index in [1.165, 1.54) is 4.90 Å². The SMILES string of the molecule is CCN(CC(=O)Nc1cc(C(C)(C)C)nn1-c1ccc(Cl)cc1)C(=O)Nc1ccc(C)cc1. The summed E-state index contributed by atoms with van der Waals surface area (Å²) in [6.07, 6.45) is 0. The van der Waals surface area contributed by atoms with E-state index in [4.69, 9.17) is 16.7 Å². The first-order valence-electron chi connectivity index (χ1n) is 10.9. The Labute approximate surface area is 199 Å². The van der Waals surface area contributed by atoms with Crippen molar-refractivity contribution in [2.45, 2.75) is 40.0 Å². The highest BCUT2D eigenvalue weighted by atomic mass is 35.5. The minimum Gasteiger partial charge on any atom is -0.315 e. The van der Waals surface area contributed by atoms with Gasteiger partial charge in [-0.3, -0.25) is 4.79 Å². The van der Waals surface area contributed by atoms with Crippen LogP contribution in [0, 0.1) is 6.92 Å². The summed E-state index contributed by atoms with van der Waals surface area (Å²) in [6.45, 7) is 10.3. The lowest BCUT2D eigenvalue weighted by Gasteiger charge is -2.21. The molecular formula is C25H30ClN5O2. The van der Waals surface area contributed by atoms with Gasteiger partial charge in [0.15, 0.2) is 0 Å². The summed E-state index contributed by atoms with van der Waals surface area (Å²) in [5.74, 6) is 0.216. The fraction of sp³-hybridized carbons (Fsp3) is 0.320. The Hall–Kier alpha value is -3.32. The number of carbonyl (C=O) groups is 2. The summed E-state index contributed by atoms with van der Waals surface area (Å²) in [5.41, 5.74) is 3.18. The molecule has 2 aromatic carbocycles. The summed E-state index contributed by atoms with van der Waals surface area (Å²) in [4.78, 5) is 27.0. The number of aryl methyl sites for hydroxylation is 1. The number of likely N-dealkylation sites (N-methyl/N-ethyl adjacent to an activating group) is 1. The fourth-order valence-electron chi connectivity index (χ4n) is 3.14. The number of urea groups is 1. The summed E-state index contributed by atoms with van der Waals surface area (Å²) >= 11 is 6.03. The number of hydrogen-bond acceptors (Lipinski definition) is 3. The first-order chi connectivity index (χ1) is 15.6. The lowest BCUT2D eigenvalue weighted by Crippen LogP contribution is -2.40. The van der Waals surface area contributed by atoms with Gasteiger partial charge in [-0.15, -0.1) is 0 Å². The molecule has 0 saturated carbocycles. The molecule has 3 rings (SSSR count). The van der Waals surface area contributed by atoms with Crippen LogP contribution in [0.3, 0.4) is 0 Å². The van der Waals surface area contributed by atoms with E-state index in [0.717, 1.165) is 16.9 Å². The maximum atomic E-state index is 12.9. The van der Waals surface area contributed by atoms with Crippen molar-refractivity contribution in [1.29, 1.82) is 0 Å². The molecule has 174 valence electrons. The highest BCUT2D eigenvalue weighted by molar-refractivity contribution is 6.30. The van der Waals surface area contributed by atoms with E-state index in [2.05, 4.69) is 31.4 Å². The van der Waals surface area contributed by atoms with E-state index >= 15 is 0 Å². The topological polar surface area (TPSA) is 79.3 Å². The van der Waals surface area contributed by atoms with Gasteiger partial charge in [-0.2, -0.15) is 5.10 Å². The van der Waals surface area contributed by atoms with Crippen LogP contribution < -0.4 is 10.6 Å². The zero-order valence-corrected chi connectivity index (χ0v) is 20.4. The van der Waals surface area contributed by atoms with E-state index in [0.29, 0.717) is 23.1 Å². The first-order valence-corrected chi connectivity index (χ1v) is 11.2. The average molecular weight is 468 g/mol. The highest BCUT2D eigenvalue weighted by Crippen LogP contribution is 2.27. The third-order valence-corrected chi connectivity index (χ3v) is 5.37. The number of nitrogens with one attached hydrogen (secondary N) is 2. The lowest BCUT2D eigenvalue weighted by molar-refractivity contribution is -0.116. The largest absolute Gasteiger partial charge is 0.322 e. The van der Waals surface area contributed by atoms with Crippen molar-refractivity contribution in [3.05, 3.63) is 70.9 Å². The molecule has 0 aliphatic heterocycles. The van der Waals surface area contributed by atoms with Crippen LogP contribution in [0.25, 0.3) is 5.69 Å². The van der Waals surface area contributed by atoms with Crippen molar-refractivity contribution in [2.75, 3.05) is 23.7 Å². The van der Waals surface area contributed by atoms with Gasteiger partial charge in [0, 0.05) is 28.7 Å². The Morgan fingerprint density at radius 3 is 2.24 bits per heavy atom. The molecule has 8 heteroatoms. The minimum absolute atomic E-state index is 0.0924. The Balaban J connectivity index is 1.76. The number of nitrogens with zero attached hydrogens (tertiary/aromatic N) is 3. The molecule has 0 spiro atoms. The van der Waals surface area contributed by atoms with Crippen LogP contribution in [-0.2, 0) is 10.2 Å². The Bertz CT molecular complexity index is 1120. The molecule has 0 saturated heterocycles. The summed E-state index contributed by atoms with van der Waals surface area (Å²) in [5, 5.41) is 11.1. The molecule has 0 radical (unpaired) electrons. The molecule has 7 nitrogen and oxygen atoms in total. The van der Waals surface area contributed by atoms with Crippen molar-refractivity contribution < 1.29 is 9.59 Å². The molecule has 1 aromatic heterocycles. The van der Waals surface area contributed by atoms with Gasteiger partial charge >= 0.3 is 6.03 Å². The predicted molar refractivity (Wildman–Crippen MR) is 133 cm³/mol. The average Bonchev–Trinajstić information content (AvgIpc) is 3.18. The lowest BCUT2D eigenvalue weighted by atomic mass is 9.92. The molecule has 0 fully saturated rings. The van der Waals surface area contributed by atoms with Crippen molar-refractivity contribution in [3.63, 3.8) is 0 Å². The van der Waals surface area contributed by atoms with Gasteiger partial charge in [0.1, 0.15) is 12.4 Å². The number of aromatic nitrogens is 2. The molecule has 3 aromatic rings. The zero-order valence-electron chi connectivity index (χ0n) is 19.6. The number of carbonyl (C=O) groups excluding carboxylic acids is 2. The summed E-state index contributed by atoms with van der Waals surface area (Å²) in [7, 11) is 0. The minimum atomic E-state index is -0.335. The van der Waals surface area contributed by atoms with Crippen LogP contribution >= 0.6 is 11.6 Å². The van der Waals surface area contributed by atoms with Crippen LogP contribution in [0.1, 0.15) is 39.0 Å². The number of halogens is 1. The van der Waals surface area contributed by atoms with Gasteiger partial charge in [-0.25, -0.2) is 9.48 Å². The Morgan fingerprint density at radius 2 is 1.67 bits per heavy atom. The van der Waals surface area contributed by atoms with Gasteiger partial charge in [0.05, 0.1) is 11.4 Å². The van der Waals surface area contributed by atoms with E-state index < -0.39 is 0 Å². The molecule has 3 amide bonds. The Morgan fingerprint density at radius 1 is 1.03 bits per heavy atom. The van der Waals surface area contributed by atoms with Gasteiger partial charge in [0.25, 0.3) is 0 Å². The second-order valence-corrected chi connectivity index (χ2v) is 9.35. The molecular weight excluding hydrogens is 438 g/mol. The van der Waals surface area contributed by atoms with E-state index in [-0.39, 0.29) is 23.9 Å². The molecule has 0 unspecified atom stereocenters. The van der Waals surface area contributed by atoms with Crippen molar-refractivity contribution in [3.8, 4) is 5.69 Å².